The Labute approximate surface area is 135 Å². The third kappa shape index (κ3) is 4.71. The Kier molecular flexibility index (Phi) is 5.73. The van der Waals surface area contributed by atoms with E-state index >= 15 is 0 Å². The van der Waals surface area contributed by atoms with Crippen LogP contribution in [0.1, 0.15) is 6.92 Å². The Hall–Kier alpha value is -2.13. The number of para-hydroxylation sites is 1. The quantitative estimate of drug-likeness (QED) is 0.495. The van der Waals surface area contributed by atoms with Gasteiger partial charge in [-0.25, -0.2) is 4.79 Å². The van der Waals surface area contributed by atoms with Gasteiger partial charge in [-0.05, 0) is 19.1 Å². The zero-order chi connectivity index (χ0) is 15.9. The average Bonchev–Trinajstić information content (AvgIpc) is 2.94. The van der Waals surface area contributed by atoms with E-state index in [9.17, 15) is 9.59 Å². The van der Waals surface area contributed by atoms with E-state index in [1.165, 1.54) is 30.2 Å². The van der Waals surface area contributed by atoms with E-state index in [2.05, 4.69) is 25.6 Å². The minimum atomic E-state index is -0.403. The first-order chi connectivity index (χ1) is 10.6. The number of carbonyl (C=O) groups is 2. The summed E-state index contributed by atoms with van der Waals surface area (Å²) in [5.41, 5.74) is 0.679. The van der Waals surface area contributed by atoms with Crippen LogP contribution in [-0.2, 0) is 9.53 Å². The number of urea groups is 1. The molecule has 2 rings (SSSR count). The molecule has 0 aliphatic heterocycles. The van der Waals surface area contributed by atoms with Crippen molar-refractivity contribution >= 4 is 45.9 Å². The number of hydrogen-bond donors (Lipinski definition) is 2. The van der Waals surface area contributed by atoms with Crippen LogP contribution in [-0.4, -0.2) is 34.6 Å². The van der Waals surface area contributed by atoms with Crippen molar-refractivity contribution in [3.05, 3.63) is 30.3 Å². The van der Waals surface area contributed by atoms with Crippen molar-refractivity contribution in [2.24, 2.45) is 0 Å². The molecule has 0 saturated heterocycles. The van der Waals surface area contributed by atoms with Crippen LogP contribution >= 0.6 is 23.1 Å². The van der Waals surface area contributed by atoms with E-state index in [0.717, 1.165) is 0 Å². The summed E-state index contributed by atoms with van der Waals surface area (Å²) in [6, 6.07) is 8.66. The first-order valence-corrected chi connectivity index (χ1v) is 7.99. The second-order valence-electron chi connectivity index (χ2n) is 4.10. The third-order valence-corrected chi connectivity index (χ3v) is 4.47. The number of nitrogens with one attached hydrogen (secondary N) is 2. The van der Waals surface area contributed by atoms with Crippen LogP contribution in [0.15, 0.2) is 34.7 Å². The molecule has 0 aliphatic rings. The molecule has 1 unspecified atom stereocenters. The molecule has 2 amide bonds. The summed E-state index contributed by atoms with van der Waals surface area (Å²) < 4.78 is 5.22. The lowest BCUT2D eigenvalue weighted by Crippen LogP contribution is -2.19. The lowest BCUT2D eigenvalue weighted by Gasteiger charge is -2.05. The predicted molar refractivity (Wildman–Crippen MR) is 86.3 cm³/mol. The molecule has 1 heterocycles. The zero-order valence-corrected chi connectivity index (χ0v) is 13.5. The first-order valence-electron chi connectivity index (χ1n) is 6.29. The smallest absolute Gasteiger partial charge is 0.325 e. The molecule has 1 atom stereocenters. The molecule has 7 nitrogen and oxygen atoms in total. The molecule has 0 saturated carbocycles. The number of nitrogens with zero attached hydrogens (tertiary/aromatic N) is 2. The number of rotatable bonds is 5. The molecule has 1 aromatic carbocycles. The highest BCUT2D eigenvalue weighted by molar-refractivity contribution is 8.02. The number of esters is 1. The molecule has 0 radical (unpaired) electrons. The highest BCUT2D eigenvalue weighted by atomic mass is 32.2. The Morgan fingerprint density at radius 2 is 1.95 bits per heavy atom. The zero-order valence-electron chi connectivity index (χ0n) is 11.9. The number of methoxy groups -OCH3 is 1. The van der Waals surface area contributed by atoms with Gasteiger partial charge in [0.05, 0.1) is 7.11 Å². The molecular formula is C13H14N4O3S2. The summed E-state index contributed by atoms with van der Waals surface area (Å²) in [5, 5.41) is 13.0. The molecule has 0 bridgehead atoms. The van der Waals surface area contributed by atoms with Crippen LogP contribution in [0.3, 0.4) is 0 Å². The summed E-state index contributed by atoms with van der Waals surface area (Å²) in [5.74, 6) is -0.337. The maximum atomic E-state index is 11.8. The number of thioether (sulfide) groups is 1. The van der Waals surface area contributed by atoms with E-state index in [1.807, 2.05) is 18.2 Å². The van der Waals surface area contributed by atoms with Gasteiger partial charge in [-0.15, -0.1) is 10.2 Å². The largest absolute Gasteiger partial charge is 0.468 e. The van der Waals surface area contributed by atoms with Gasteiger partial charge in [0, 0.05) is 5.69 Å². The van der Waals surface area contributed by atoms with Crippen molar-refractivity contribution in [1.82, 2.24) is 10.2 Å². The van der Waals surface area contributed by atoms with Crippen molar-refractivity contribution in [2.75, 3.05) is 17.7 Å². The monoisotopic (exact) mass is 338 g/mol. The van der Waals surface area contributed by atoms with Crippen molar-refractivity contribution in [2.45, 2.75) is 16.5 Å². The number of ether oxygens (including phenoxy) is 1. The van der Waals surface area contributed by atoms with Crippen LogP contribution < -0.4 is 10.6 Å². The Morgan fingerprint density at radius 3 is 2.64 bits per heavy atom. The normalized spacial score (nSPS) is 11.5. The Morgan fingerprint density at radius 1 is 1.23 bits per heavy atom. The average molecular weight is 338 g/mol. The van der Waals surface area contributed by atoms with Crippen LogP contribution in [0, 0.1) is 0 Å². The highest BCUT2D eigenvalue weighted by Crippen LogP contribution is 2.29. The molecule has 22 heavy (non-hydrogen) atoms. The predicted octanol–water partition coefficient (Wildman–Crippen LogP) is 2.84. The Balaban J connectivity index is 1.89. The van der Waals surface area contributed by atoms with Crippen LogP contribution in [0.25, 0.3) is 0 Å². The van der Waals surface area contributed by atoms with Gasteiger partial charge in [-0.1, -0.05) is 41.3 Å². The van der Waals surface area contributed by atoms with Gasteiger partial charge in [0.15, 0.2) is 4.34 Å². The van der Waals surface area contributed by atoms with Crippen molar-refractivity contribution in [3.8, 4) is 0 Å². The second-order valence-corrected chi connectivity index (χ2v) is 6.67. The van der Waals surface area contributed by atoms with E-state index < -0.39 is 6.03 Å². The lowest BCUT2D eigenvalue weighted by atomic mass is 10.3. The van der Waals surface area contributed by atoms with E-state index in [-0.39, 0.29) is 11.2 Å². The van der Waals surface area contributed by atoms with Crippen LogP contribution in [0.2, 0.25) is 0 Å². The fourth-order valence-electron chi connectivity index (χ4n) is 1.45. The summed E-state index contributed by atoms with van der Waals surface area (Å²) in [6.07, 6.45) is 0. The van der Waals surface area contributed by atoms with E-state index in [4.69, 9.17) is 0 Å². The van der Waals surface area contributed by atoms with Gasteiger partial charge in [0.25, 0.3) is 0 Å². The van der Waals surface area contributed by atoms with Gasteiger partial charge >= 0.3 is 12.0 Å². The standard InChI is InChI=1S/C13H14N4O3S2/c1-8(10(18)20-2)21-13-17-16-12(22-13)15-11(19)14-9-6-4-3-5-7-9/h3-8H,1-2H3,(H2,14,15,16,19). The molecular weight excluding hydrogens is 324 g/mol. The van der Waals surface area contributed by atoms with Crippen molar-refractivity contribution < 1.29 is 14.3 Å². The van der Waals surface area contributed by atoms with Gasteiger partial charge < -0.3 is 10.1 Å². The highest BCUT2D eigenvalue weighted by Gasteiger charge is 2.17. The summed E-state index contributed by atoms with van der Waals surface area (Å²) in [7, 11) is 1.33. The lowest BCUT2D eigenvalue weighted by molar-refractivity contribution is -0.139. The van der Waals surface area contributed by atoms with Crippen LogP contribution in [0.5, 0.6) is 0 Å². The first kappa shape index (κ1) is 16.2. The van der Waals surface area contributed by atoms with E-state index in [0.29, 0.717) is 15.2 Å². The molecule has 9 heteroatoms. The maximum Gasteiger partial charge on any atom is 0.325 e. The fourth-order valence-corrected chi connectivity index (χ4v) is 3.37. The van der Waals surface area contributed by atoms with Gasteiger partial charge in [-0.2, -0.15) is 0 Å². The van der Waals surface area contributed by atoms with Crippen molar-refractivity contribution in [1.29, 1.82) is 0 Å². The van der Waals surface area contributed by atoms with Gasteiger partial charge in [-0.3, -0.25) is 10.1 Å². The molecule has 1 aromatic heterocycles. The maximum absolute atomic E-state index is 11.8. The number of carbonyl (C=O) groups excluding carboxylic acids is 2. The summed E-state index contributed by atoms with van der Waals surface area (Å²) in [6.45, 7) is 1.72. The number of benzene rings is 1. The van der Waals surface area contributed by atoms with Crippen LogP contribution in [0.4, 0.5) is 15.6 Å². The summed E-state index contributed by atoms with van der Waals surface area (Å²) >= 11 is 2.42. The Bertz CT molecular complexity index is 648. The molecule has 0 spiro atoms. The number of aromatic nitrogens is 2. The molecule has 116 valence electrons. The molecule has 2 aromatic rings. The molecule has 0 fully saturated rings. The number of amides is 2. The van der Waals surface area contributed by atoms with E-state index in [1.54, 1.807) is 19.1 Å². The molecule has 2 N–H and O–H groups in total. The minimum absolute atomic E-state index is 0.337. The third-order valence-electron chi connectivity index (χ3n) is 2.47. The number of hydrogen-bond acceptors (Lipinski definition) is 7. The second kappa shape index (κ2) is 7.76. The number of anilines is 2. The minimum Gasteiger partial charge on any atom is -0.468 e. The summed E-state index contributed by atoms with van der Waals surface area (Å²) in [4.78, 5) is 23.1. The van der Waals surface area contributed by atoms with Crippen molar-refractivity contribution in [3.63, 3.8) is 0 Å². The SMILES string of the molecule is COC(=O)C(C)Sc1nnc(NC(=O)Nc2ccccc2)s1. The van der Waals surface area contributed by atoms with Gasteiger partial charge in [0.1, 0.15) is 5.25 Å². The molecule has 0 aliphatic carbocycles. The fraction of sp³-hybridized carbons (Fsp3) is 0.231. The topological polar surface area (TPSA) is 93.2 Å². The van der Waals surface area contributed by atoms with Gasteiger partial charge in [0.2, 0.25) is 5.13 Å².